The summed E-state index contributed by atoms with van der Waals surface area (Å²) < 4.78 is 48.5. The van der Waals surface area contributed by atoms with Crippen LogP contribution in [0.5, 0.6) is 5.75 Å². The van der Waals surface area contributed by atoms with Crippen molar-refractivity contribution in [1.29, 1.82) is 0 Å². The number of alkyl halides is 3. The molecule has 0 saturated carbocycles. The molecule has 2 rings (SSSR count). The maximum atomic E-state index is 12.7. The van der Waals surface area contributed by atoms with Gasteiger partial charge >= 0.3 is 18.0 Å². The Hall–Kier alpha value is -2.52. The molecule has 1 aliphatic rings. The normalized spacial score (nSPS) is 15.5. The summed E-state index contributed by atoms with van der Waals surface area (Å²) in [5.41, 5.74) is -2.56. The third kappa shape index (κ3) is 4.74. The van der Waals surface area contributed by atoms with Gasteiger partial charge in [-0.2, -0.15) is 13.2 Å². The highest BCUT2D eigenvalue weighted by Crippen LogP contribution is 2.37. The number of hydrogen-bond donors (Lipinski definition) is 0. The number of nitrogens with zero attached hydrogens (tertiary/aromatic N) is 2. The number of carbonyl (C=O) groups is 1. The molecule has 1 aromatic rings. The molecule has 138 valence electrons. The van der Waals surface area contributed by atoms with E-state index >= 15 is 0 Å². The topological polar surface area (TPSA) is 81.9 Å². The number of nitro groups is 1. The van der Waals surface area contributed by atoms with Gasteiger partial charge in [0, 0.05) is 6.07 Å². The number of likely N-dealkylation sites (tertiary alicyclic amines) is 1. The Balaban J connectivity index is 2.03. The van der Waals surface area contributed by atoms with Crippen LogP contribution in [-0.2, 0) is 10.9 Å². The average molecular weight is 362 g/mol. The van der Waals surface area contributed by atoms with Crippen LogP contribution in [0.25, 0.3) is 0 Å². The van der Waals surface area contributed by atoms with Gasteiger partial charge in [-0.1, -0.05) is 0 Å². The molecule has 0 aromatic heterocycles. The van der Waals surface area contributed by atoms with Crippen molar-refractivity contribution in [1.82, 2.24) is 4.90 Å². The lowest BCUT2D eigenvalue weighted by atomic mass is 10.1. The summed E-state index contributed by atoms with van der Waals surface area (Å²) in [6.45, 7) is 5.40. The minimum Gasteiger partial charge on any atom is -0.480 e. The van der Waals surface area contributed by atoms with E-state index in [1.54, 1.807) is 20.8 Å². The standard InChI is InChI=1S/C15H17F3N2O5/c1-14(2,3)25-13(21)19-7-10(8-19)24-12-5-4-9(15(16,17)18)6-11(12)20(22)23/h4-6,10H,7-8H2,1-3H3. The Morgan fingerprint density at radius 1 is 1.28 bits per heavy atom. The number of carbonyl (C=O) groups excluding carboxylic acids is 1. The van der Waals surface area contributed by atoms with E-state index in [0.717, 1.165) is 6.07 Å². The first-order valence-corrected chi connectivity index (χ1v) is 7.37. The summed E-state index contributed by atoms with van der Waals surface area (Å²) in [6, 6.07) is 2.06. The van der Waals surface area contributed by atoms with Gasteiger partial charge in [0.15, 0.2) is 5.75 Å². The van der Waals surface area contributed by atoms with Crippen LogP contribution in [0.4, 0.5) is 23.7 Å². The van der Waals surface area contributed by atoms with Crippen molar-refractivity contribution >= 4 is 11.8 Å². The van der Waals surface area contributed by atoms with Crippen LogP contribution < -0.4 is 4.74 Å². The summed E-state index contributed by atoms with van der Waals surface area (Å²) in [5, 5.41) is 11.0. The molecular formula is C15H17F3N2O5. The van der Waals surface area contributed by atoms with Crippen LogP contribution in [0, 0.1) is 10.1 Å². The van der Waals surface area contributed by atoms with Crippen LogP contribution in [0.3, 0.4) is 0 Å². The quantitative estimate of drug-likeness (QED) is 0.606. The molecule has 1 heterocycles. The Labute approximate surface area is 141 Å². The maximum Gasteiger partial charge on any atom is 0.416 e. The lowest BCUT2D eigenvalue weighted by Gasteiger charge is -2.39. The Bertz CT molecular complexity index is 679. The van der Waals surface area contributed by atoms with E-state index in [4.69, 9.17) is 9.47 Å². The molecule has 25 heavy (non-hydrogen) atoms. The number of amides is 1. The number of nitro benzene ring substituents is 1. The van der Waals surface area contributed by atoms with Crippen LogP contribution in [0.15, 0.2) is 18.2 Å². The first-order valence-electron chi connectivity index (χ1n) is 7.37. The van der Waals surface area contributed by atoms with Crippen molar-refractivity contribution in [2.45, 2.75) is 38.7 Å². The third-order valence-electron chi connectivity index (χ3n) is 3.28. The van der Waals surface area contributed by atoms with Gasteiger partial charge in [-0.3, -0.25) is 10.1 Å². The zero-order chi connectivity index (χ0) is 19.0. The highest BCUT2D eigenvalue weighted by Gasteiger charge is 2.37. The zero-order valence-electron chi connectivity index (χ0n) is 13.8. The zero-order valence-corrected chi connectivity index (χ0v) is 13.8. The lowest BCUT2D eigenvalue weighted by molar-refractivity contribution is -0.386. The Morgan fingerprint density at radius 2 is 1.88 bits per heavy atom. The fraction of sp³-hybridized carbons (Fsp3) is 0.533. The third-order valence-corrected chi connectivity index (χ3v) is 3.28. The van der Waals surface area contributed by atoms with E-state index in [0.29, 0.717) is 12.1 Å². The van der Waals surface area contributed by atoms with Gasteiger partial charge in [-0.25, -0.2) is 4.79 Å². The first-order chi connectivity index (χ1) is 11.4. The summed E-state index contributed by atoms with van der Waals surface area (Å²) in [5.74, 6) is -0.271. The smallest absolute Gasteiger partial charge is 0.416 e. The molecule has 1 fully saturated rings. The van der Waals surface area contributed by atoms with Crippen molar-refractivity contribution in [2.75, 3.05) is 13.1 Å². The SMILES string of the molecule is CC(C)(C)OC(=O)N1CC(Oc2ccc(C(F)(F)F)cc2[N+](=O)[O-])C1. The van der Waals surface area contributed by atoms with E-state index in [1.807, 2.05) is 0 Å². The lowest BCUT2D eigenvalue weighted by Crippen LogP contribution is -2.57. The van der Waals surface area contributed by atoms with Crippen LogP contribution in [0.1, 0.15) is 26.3 Å². The molecule has 1 saturated heterocycles. The molecule has 0 atom stereocenters. The summed E-state index contributed by atoms with van der Waals surface area (Å²) in [7, 11) is 0. The van der Waals surface area contributed by atoms with Gasteiger partial charge < -0.3 is 14.4 Å². The maximum absolute atomic E-state index is 12.7. The molecule has 0 bridgehead atoms. The minimum absolute atomic E-state index is 0.132. The van der Waals surface area contributed by atoms with Gasteiger partial charge in [-0.05, 0) is 32.9 Å². The second-order valence-electron chi connectivity index (χ2n) is 6.56. The monoisotopic (exact) mass is 362 g/mol. The number of rotatable bonds is 3. The molecule has 1 aromatic carbocycles. The van der Waals surface area contributed by atoms with Crippen LogP contribution >= 0.6 is 0 Å². The number of benzene rings is 1. The molecule has 10 heteroatoms. The van der Waals surface area contributed by atoms with E-state index in [-0.39, 0.29) is 18.8 Å². The summed E-state index contributed by atoms with van der Waals surface area (Å²) in [6.07, 6.45) is -5.79. The molecule has 0 aliphatic carbocycles. The van der Waals surface area contributed by atoms with E-state index < -0.39 is 40.1 Å². The van der Waals surface area contributed by atoms with Crippen molar-refractivity contribution < 1.29 is 32.4 Å². The number of ether oxygens (including phenoxy) is 2. The van der Waals surface area contributed by atoms with E-state index in [1.165, 1.54) is 4.90 Å². The van der Waals surface area contributed by atoms with Crippen molar-refractivity contribution in [2.24, 2.45) is 0 Å². The van der Waals surface area contributed by atoms with Gasteiger partial charge in [0.25, 0.3) is 0 Å². The van der Waals surface area contributed by atoms with Gasteiger partial charge in [-0.15, -0.1) is 0 Å². The van der Waals surface area contributed by atoms with Crippen LogP contribution in [0.2, 0.25) is 0 Å². The number of halogens is 3. The summed E-state index contributed by atoms with van der Waals surface area (Å²) >= 11 is 0. The second-order valence-corrected chi connectivity index (χ2v) is 6.56. The Morgan fingerprint density at radius 3 is 2.36 bits per heavy atom. The predicted molar refractivity (Wildman–Crippen MR) is 80.3 cm³/mol. The number of hydrogen-bond acceptors (Lipinski definition) is 5. The average Bonchev–Trinajstić information content (AvgIpc) is 2.38. The van der Waals surface area contributed by atoms with Crippen molar-refractivity contribution in [3.63, 3.8) is 0 Å². The van der Waals surface area contributed by atoms with Crippen molar-refractivity contribution in [3.05, 3.63) is 33.9 Å². The van der Waals surface area contributed by atoms with E-state index in [9.17, 15) is 28.1 Å². The summed E-state index contributed by atoms with van der Waals surface area (Å²) in [4.78, 5) is 23.2. The Kier molecular flexibility index (Phi) is 4.83. The van der Waals surface area contributed by atoms with Gasteiger partial charge in [0.2, 0.25) is 0 Å². The highest BCUT2D eigenvalue weighted by atomic mass is 19.4. The predicted octanol–water partition coefficient (Wildman–Crippen LogP) is 3.61. The largest absolute Gasteiger partial charge is 0.480 e. The fourth-order valence-electron chi connectivity index (χ4n) is 2.10. The molecule has 1 aliphatic heterocycles. The van der Waals surface area contributed by atoms with Crippen LogP contribution in [-0.4, -0.2) is 40.7 Å². The molecule has 0 unspecified atom stereocenters. The van der Waals surface area contributed by atoms with Crippen molar-refractivity contribution in [3.8, 4) is 5.75 Å². The first kappa shape index (κ1) is 18.8. The molecule has 1 amide bonds. The van der Waals surface area contributed by atoms with Gasteiger partial charge in [0.1, 0.15) is 11.7 Å². The minimum atomic E-state index is -4.69. The second kappa shape index (κ2) is 6.41. The molecule has 0 radical (unpaired) electrons. The van der Waals surface area contributed by atoms with Gasteiger partial charge in [0.05, 0.1) is 23.6 Å². The van der Waals surface area contributed by atoms with E-state index in [2.05, 4.69) is 0 Å². The molecule has 0 spiro atoms. The highest BCUT2D eigenvalue weighted by molar-refractivity contribution is 5.69. The molecular weight excluding hydrogens is 345 g/mol. The molecule has 7 nitrogen and oxygen atoms in total. The molecule has 0 N–H and O–H groups in total. The fourth-order valence-corrected chi connectivity index (χ4v) is 2.10.